The molecule has 1 saturated heterocycles. The van der Waals surface area contributed by atoms with Gasteiger partial charge in [0.15, 0.2) is 0 Å². The van der Waals surface area contributed by atoms with E-state index in [1.54, 1.807) is 12.0 Å². The highest BCUT2D eigenvalue weighted by atomic mass is 35.5. The van der Waals surface area contributed by atoms with Crippen molar-refractivity contribution >= 4 is 35.2 Å². The Balaban J connectivity index is 1.88. The molecule has 1 N–H and O–H groups in total. The highest BCUT2D eigenvalue weighted by Crippen LogP contribution is 2.28. The maximum atomic E-state index is 12.4. The second-order valence-corrected chi connectivity index (χ2v) is 6.96. The van der Waals surface area contributed by atoms with Crippen molar-refractivity contribution in [2.75, 3.05) is 19.4 Å². The Hall–Kier alpha value is -1.24. The van der Waals surface area contributed by atoms with Crippen LogP contribution in [-0.4, -0.2) is 53.4 Å². The number of rotatable bonds is 7. The number of carboxylic acid groups (broad SMARTS) is 1. The summed E-state index contributed by atoms with van der Waals surface area (Å²) in [6.45, 7) is 0.462. The molecular weight excluding hydrogens is 338 g/mol. The quantitative estimate of drug-likeness (QED) is 0.760. The number of thioether (sulfide) groups is 1. The Morgan fingerprint density at radius 3 is 2.83 bits per heavy atom. The van der Waals surface area contributed by atoms with E-state index in [0.717, 1.165) is 4.90 Å². The van der Waals surface area contributed by atoms with E-state index in [2.05, 4.69) is 0 Å². The van der Waals surface area contributed by atoms with Crippen LogP contribution in [0.3, 0.4) is 0 Å². The molecule has 23 heavy (non-hydrogen) atoms. The third kappa shape index (κ3) is 5.12. The second-order valence-electron chi connectivity index (χ2n) is 5.42. The van der Waals surface area contributed by atoms with Crippen molar-refractivity contribution in [3.05, 3.63) is 29.3 Å². The summed E-state index contributed by atoms with van der Waals surface area (Å²) >= 11 is 7.62. The molecule has 1 heterocycles. The lowest BCUT2D eigenvalue weighted by Crippen LogP contribution is -2.37. The number of carboxylic acids is 1. The minimum atomic E-state index is -0.894. The van der Waals surface area contributed by atoms with Crippen LogP contribution in [-0.2, 0) is 14.3 Å². The van der Waals surface area contributed by atoms with Crippen LogP contribution < -0.4 is 0 Å². The molecular formula is C16H20ClNO4S. The van der Waals surface area contributed by atoms with Crippen LogP contribution in [0.5, 0.6) is 0 Å². The molecule has 7 heteroatoms. The number of benzene rings is 1. The monoisotopic (exact) mass is 357 g/mol. The smallest absolute Gasteiger partial charge is 0.305 e. The summed E-state index contributed by atoms with van der Waals surface area (Å²) in [4.78, 5) is 26.0. The van der Waals surface area contributed by atoms with Crippen molar-refractivity contribution in [3.8, 4) is 0 Å². The summed E-state index contributed by atoms with van der Waals surface area (Å²) in [5.74, 6) is -0.318. The van der Waals surface area contributed by atoms with Gasteiger partial charge in [0.2, 0.25) is 5.91 Å². The molecule has 0 aromatic heterocycles. The van der Waals surface area contributed by atoms with Crippen LogP contribution in [0.25, 0.3) is 0 Å². The summed E-state index contributed by atoms with van der Waals surface area (Å²) in [6, 6.07) is 7.22. The molecule has 2 atom stereocenters. The van der Waals surface area contributed by atoms with Crippen molar-refractivity contribution in [2.24, 2.45) is 0 Å². The molecule has 2 unspecified atom stereocenters. The summed E-state index contributed by atoms with van der Waals surface area (Å²) in [5, 5.41) is 9.67. The number of nitrogens with zero attached hydrogens (tertiary/aromatic N) is 1. The Bertz CT molecular complexity index is 569. The van der Waals surface area contributed by atoms with Crippen molar-refractivity contribution in [2.45, 2.75) is 36.3 Å². The number of aliphatic carboxylic acids is 1. The van der Waals surface area contributed by atoms with Crippen LogP contribution in [0, 0.1) is 0 Å². The summed E-state index contributed by atoms with van der Waals surface area (Å²) in [7, 11) is 1.59. The van der Waals surface area contributed by atoms with Crippen molar-refractivity contribution < 1.29 is 19.4 Å². The van der Waals surface area contributed by atoms with Gasteiger partial charge < -0.3 is 14.7 Å². The zero-order valence-corrected chi connectivity index (χ0v) is 14.5. The first-order valence-corrected chi connectivity index (χ1v) is 8.79. The zero-order chi connectivity index (χ0) is 16.8. The van der Waals surface area contributed by atoms with Crippen LogP contribution in [0.15, 0.2) is 29.2 Å². The fraction of sp³-hybridized carbons (Fsp3) is 0.500. The Labute approximate surface area is 144 Å². The van der Waals surface area contributed by atoms with E-state index < -0.39 is 5.97 Å². The van der Waals surface area contributed by atoms with E-state index in [0.29, 0.717) is 30.2 Å². The minimum Gasteiger partial charge on any atom is -0.481 e. The number of halogens is 1. The Morgan fingerprint density at radius 1 is 1.43 bits per heavy atom. The van der Waals surface area contributed by atoms with Gasteiger partial charge in [0.05, 0.1) is 17.5 Å². The number of hydrogen-bond donors (Lipinski definition) is 1. The number of methoxy groups -OCH3 is 1. The highest BCUT2D eigenvalue weighted by molar-refractivity contribution is 7.99. The number of hydrogen-bond acceptors (Lipinski definition) is 4. The van der Waals surface area contributed by atoms with Crippen molar-refractivity contribution in [3.63, 3.8) is 0 Å². The lowest BCUT2D eigenvalue weighted by atomic mass is 10.1. The third-order valence-corrected chi connectivity index (χ3v) is 5.37. The molecule has 1 fully saturated rings. The minimum absolute atomic E-state index is 0.0321. The lowest BCUT2D eigenvalue weighted by Gasteiger charge is -2.23. The molecule has 1 amide bonds. The molecule has 0 aliphatic carbocycles. The number of carbonyl (C=O) groups is 2. The second kappa shape index (κ2) is 8.57. The third-order valence-electron chi connectivity index (χ3n) is 3.85. The predicted octanol–water partition coefficient (Wildman–Crippen LogP) is 2.91. The van der Waals surface area contributed by atoms with Crippen LogP contribution in [0.4, 0.5) is 0 Å². The molecule has 1 aromatic rings. The van der Waals surface area contributed by atoms with Gasteiger partial charge >= 0.3 is 5.97 Å². The molecule has 0 spiro atoms. The Morgan fingerprint density at radius 2 is 2.17 bits per heavy atom. The lowest BCUT2D eigenvalue weighted by molar-refractivity contribution is -0.139. The van der Waals surface area contributed by atoms with Gasteiger partial charge in [-0.1, -0.05) is 23.7 Å². The topological polar surface area (TPSA) is 66.8 Å². The van der Waals surface area contributed by atoms with E-state index >= 15 is 0 Å². The van der Waals surface area contributed by atoms with Crippen LogP contribution in [0.1, 0.15) is 19.3 Å². The number of likely N-dealkylation sites (tertiary alicyclic amines) is 1. The fourth-order valence-electron chi connectivity index (χ4n) is 2.70. The van der Waals surface area contributed by atoms with Crippen LogP contribution >= 0.6 is 23.4 Å². The van der Waals surface area contributed by atoms with Gasteiger partial charge in [-0.25, -0.2) is 0 Å². The van der Waals surface area contributed by atoms with Crippen LogP contribution in [0.2, 0.25) is 5.02 Å². The SMILES string of the molecule is COC1CC(CC(=O)O)N(C(=O)CCSc2ccccc2Cl)C1. The predicted molar refractivity (Wildman–Crippen MR) is 90.0 cm³/mol. The number of amides is 1. The molecule has 1 aromatic carbocycles. The van der Waals surface area contributed by atoms with E-state index in [-0.39, 0.29) is 24.5 Å². The van der Waals surface area contributed by atoms with E-state index in [1.165, 1.54) is 11.8 Å². The van der Waals surface area contributed by atoms with Crippen molar-refractivity contribution in [1.29, 1.82) is 0 Å². The molecule has 1 aliphatic rings. The van der Waals surface area contributed by atoms with Crippen molar-refractivity contribution in [1.82, 2.24) is 4.90 Å². The van der Waals surface area contributed by atoms with Gasteiger partial charge in [0, 0.05) is 36.8 Å². The average molecular weight is 358 g/mol. The van der Waals surface area contributed by atoms with Gasteiger partial charge in [0.25, 0.3) is 0 Å². The first-order chi connectivity index (χ1) is 11.0. The summed E-state index contributed by atoms with van der Waals surface area (Å²) in [6.07, 6.45) is 0.803. The Kier molecular flexibility index (Phi) is 6.74. The van der Waals surface area contributed by atoms with Gasteiger partial charge in [-0.05, 0) is 18.6 Å². The van der Waals surface area contributed by atoms with E-state index in [9.17, 15) is 9.59 Å². The van der Waals surface area contributed by atoms with E-state index in [4.69, 9.17) is 21.4 Å². The molecule has 5 nitrogen and oxygen atoms in total. The van der Waals surface area contributed by atoms with Gasteiger partial charge in [-0.2, -0.15) is 0 Å². The first kappa shape index (κ1) is 18.1. The summed E-state index contributed by atoms with van der Waals surface area (Å²) in [5.41, 5.74) is 0. The van der Waals surface area contributed by atoms with Gasteiger partial charge in [-0.3, -0.25) is 9.59 Å². The standard InChI is InChI=1S/C16H20ClNO4S/c1-22-12-8-11(9-16(20)21)18(10-12)15(19)6-7-23-14-5-3-2-4-13(14)17/h2-5,11-12H,6-10H2,1H3,(H,20,21). The van der Waals surface area contributed by atoms with E-state index in [1.807, 2.05) is 24.3 Å². The number of ether oxygens (including phenoxy) is 1. The first-order valence-electron chi connectivity index (χ1n) is 7.42. The fourth-order valence-corrected chi connectivity index (χ4v) is 3.88. The summed E-state index contributed by atoms with van der Waals surface area (Å²) < 4.78 is 5.28. The maximum absolute atomic E-state index is 12.4. The molecule has 2 rings (SSSR count). The molecule has 0 bridgehead atoms. The molecule has 0 radical (unpaired) electrons. The normalized spacial score (nSPS) is 20.7. The molecule has 126 valence electrons. The number of carbonyl (C=O) groups excluding carboxylic acids is 1. The van der Waals surface area contributed by atoms with Gasteiger partial charge in [0.1, 0.15) is 0 Å². The zero-order valence-electron chi connectivity index (χ0n) is 12.9. The molecule has 1 aliphatic heterocycles. The largest absolute Gasteiger partial charge is 0.481 e. The highest BCUT2D eigenvalue weighted by Gasteiger charge is 2.36. The van der Waals surface area contributed by atoms with Gasteiger partial charge in [-0.15, -0.1) is 11.8 Å². The maximum Gasteiger partial charge on any atom is 0.305 e. The molecule has 0 saturated carbocycles. The average Bonchev–Trinajstić information content (AvgIpc) is 2.91.